The Morgan fingerprint density at radius 3 is 2.82 bits per heavy atom. The van der Waals surface area contributed by atoms with Gasteiger partial charge in [-0.15, -0.1) is 11.3 Å². The van der Waals surface area contributed by atoms with E-state index in [2.05, 4.69) is 21.2 Å². The first-order valence-corrected chi connectivity index (χ1v) is 6.99. The number of rotatable bonds is 3. The maximum atomic E-state index is 13.5. The van der Waals surface area contributed by atoms with Gasteiger partial charge in [0, 0.05) is 15.9 Å². The maximum Gasteiger partial charge on any atom is 0.146 e. The Morgan fingerprint density at radius 2 is 2.18 bits per heavy atom. The van der Waals surface area contributed by atoms with Crippen LogP contribution in [-0.2, 0) is 6.54 Å². The third kappa shape index (κ3) is 3.21. The molecule has 0 spiro atoms. The van der Waals surface area contributed by atoms with Gasteiger partial charge in [0.2, 0.25) is 0 Å². The number of aryl methyl sites for hydroxylation is 1. The van der Waals surface area contributed by atoms with E-state index in [1.54, 1.807) is 12.1 Å². The van der Waals surface area contributed by atoms with Crippen molar-refractivity contribution in [1.29, 1.82) is 0 Å². The molecule has 2 aromatic rings. The number of benzene rings is 1. The highest BCUT2D eigenvalue weighted by molar-refractivity contribution is 9.10. The Hall–Kier alpha value is -0.580. The smallest absolute Gasteiger partial charge is 0.146 e. The lowest BCUT2D eigenvalue weighted by atomic mass is 10.2. The van der Waals surface area contributed by atoms with E-state index in [0.29, 0.717) is 16.6 Å². The number of hydrogen-bond acceptors (Lipinski definition) is 2. The zero-order valence-corrected chi connectivity index (χ0v) is 12.2. The molecule has 0 aliphatic rings. The summed E-state index contributed by atoms with van der Waals surface area (Å²) in [5.74, 6) is -0.239. The Labute approximate surface area is 117 Å². The Kier molecular flexibility index (Phi) is 4.07. The second-order valence-electron chi connectivity index (χ2n) is 3.67. The van der Waals surface area contributed by atoms with E-state index >= 15 is 0 Å². The van der Waals surface area contributed by atoms with Crippen molar-refractivity contribution in [2.45, 2.75) is 13.5 Å². The maximum absolute atomic E-state index is 13.5. The summed E-state index contributed by atoms with van der Waals surface area (Å²) in [6.07, 6.45) is 0. The molecule has 17 heavy (non-hydrogen) atoms. The molecule has 0 saturated carbocycles. The van der Waals surface area contributed by atoms with Gasteiger partial charge >= 0.3 is 0 Å². The fourth-order valence-corrected chi connectivity index (χ4v) is 3.17. The summed E-state index contributed by atoms with van der Waals surface area (Å²) in [4.78, 5) is 1.06. The summed E-state index contributed by atoms with van der Waals surface area (Å²) in [5, 5.41) is 3.07. The quantitative estimate of drug-likeness (QED) is 0.811. The summed E-state index contributed by atoms with van der Waals surface area (Å²) in [6.45, 7) is 2.50. The summed E-state index contributed by atoms with van der Waals surface area (Å²) < 4.78 is 15.1. The molecular weight excluding hydrogens is 325 g/mol. The molecule has 0 unspecified atom stereocenters. The van der Waals surface area contributed by atoms with Gasteiger partial charge in [-0.2, -0.15) is 0 Å². The molecule has 1 heterocycles. The van der Waals surface area contributed by atoms with Crippen LogP contribution in [0.3, 0.4) is 0 Å². The highest BCUT2D eigenvalue weighted by Crippen LogP contribution is 2.32. The van der Waals surface area contributed by atoms with Crippen LogP contribution >= 0.6 is 38.9 Å². The Bertz CT molecular complexity index is 522. The molecule has 1 nitrogen and oxygen atoms in total. The molecular formula is C12H10BrClFNS. The fourth-order valence-electron chi connectivity index (χ4n) is 1.44. The summed E-state index contributed by atoms with van der Waals surface area (Å²) in [6, 6.07) is 6.95. The summed E-state index contributed by atoms with van der Waals surface area (Å²) in [5.41, 5.74) is 1.55. The number of thiophene rings is 1. The van der Waals surface area contributed by atoms with Crippen LogP contribution in [-0.4, -0.2) is 0 Å². The molecule has 0 fully saturated rings. The number of anilines is 1. The molecule has 0 bridgehead atoms. The van der Waals surface area contributed by atoms with Crippen molar-refractivity contribution < 1.29 is 4.39 Å². The van der Waals surface area contributed by atoms with Crippen LogP contribution in [0.4, 0.5) is 10.1 Å². The average Bonchev–Trinajstić information content (AvgIpc) is 2.60. The molecule has 1 aromatic heterocycles. The SMILES string of the molecule is Cc1ccc(F)c(NCc2cc(Br)c(Cl)s2)c1. The van der Waals surface area contributed by atoms with Crippen molar-refractivity contribution >= 4 is 44.6 Å². The van der Waals surface area contributed by atoms with E-state index < -0.39 is 0 Å². The molecule has 5 heteroatoms. The van der Waals surface area contributed by atoms with Gasteiger partial charge in [0.15, 0.2) is 0 Å². The summed E-state index contributed by atoms with van der Waals surface area (Å²) in [7, 11) is 0. The highest BCUT2D eigenvalue weighted by Gasteiger charge is 2.06. The number of halogens is 3. The van der Waals surface area contributed by atoms with Gasteiger partial charge in [-0.05, 0) is 46.6 Å². The van der Waals surface area contributed by atoms with Gasteiger partial charge in [0.05, 0.1) is 5.69 Å². The topological polar surface area (TPSA) is 12.0 Å². The predicted octanol–water partition coefficient (Wildman–Crippen LogP) is 5.22. The number of nitrogens with one attached hydrogen (secondary N) is 1. The van der Waals surface area contributed by atoms with E-state index in [0.717, 1.165) is 14.9 Å². The van der Waals surface area contributed by atoms with Gasteiger partial charge in [-0.25, -0.2) is 4.39 Å². The van der Waals surface area contributed by atoms with Crippen LogP contribution in [0.15, 0.2) is 28.7 Å². The van der Waals surface area contributed by atoms with Gasteiger partial charge < -0.3 is 5.32 Å². The lowest BCUT2D eigenvalue weighted by Crippen LogP contribution is -2.00. The molecule has 2 rings (SSSR count). The highest BCUT2D eigenvalue weighted by atomic mass is 79.9. The average molecular weight is 335 g/mol. The lowest BCUT2D eigenvalue weighted by molar-refractivity contribution is 0.630. The molecule has 0 saturated heterocycles. The Morgan fingerprint density at radius 1 is 1.41 bits per heavy atom. The fraction of sp³-hybridized carbons (Fsp3) is 0.167. The van der Waals surface area contributed by atoms with Crippen LogP contribution in [0.1, 0.15) is 10.4 Å². The van der Waals surface area contributed by atoms with Gasteiger partial charge in [0.1, 0.15) is 10.2 Å². The molecule has 0 aliphatic carbocycles. The number of hydrogen-bond donors (Lipinski definition) is 1. The van der Waals surface area contributed by atoms with Gasteiger partial charge in [-0.3, -0.25) is 0 Å². The summed E-state index contributed by atoms with van der Waals surface area (Å²) >= 11 is 10.8. The second kappa shape index (κ2) is 5.38. The van der Waals surface area contributed by atoms with Crippen LogP contribution in [0.25, 0.3) is 0 Å². The van der Waals surface area contributed by atoms with Crippen LogP contribution in [0, 0.1) is 12.7 Å². The molecule has 1 N–H and O–H groups in total. The molecule has 0 atom stereocenters. The van der Waals surface area contributed by atoms with Crippen LogP contribution in [0.2, 0.25) is 4.34 Å². The predicted molar refractivity (Wildman–Crippen MR) is 75.5 cm³/mol. The van der Waals surface area contributed by atoms with Crippen molar-refractivity contribution in [2.24, 2.45) is 0 Å². The first kappa shape index (κ1) is 12.9. The minimum Gasteiger partial charge on any atom is -0.378 e. The lowest BCUT2D eigenvalue weighted by Gasteiger charge is -2.06. The van der Waals surface area contributed by atoms with E-state index in [9.17, 15) is 4.39 Å². The molecule has 90 valence electrons. The first-order chi connectivity index (χ1) is 8.06. The minimum atomic E-state index is -0.239. The normalized spacial score (nSPS) is 10.6. The van der Waals surface area contributed by atoms with Crippen molar-refractivity contribution in [2.75, 3.05) is 5.32 Å². The molecule has 1 aromatic carbocycles. The van der Waals surface area contributed by atoms with E-state index in [-0.39, 0.29) is 5.82 Å². The molecule has 0 amide bonds. The third-order valence-electron chi connectivity index (χ3n) is 2.27. The first-order valence-electron chi connectivity index (χ1n) is 5.00. The van der Waals surface area contributed by atoms with Crippen LogP contribution in [0.5, 0.6) is 0 Å². The van der Waals surface area contributed by atoms with E-state index in [4.69, 9.17) is 11.6 Å². The largest absolute Gasteiger partial charge is 0.378 e. The standard InChI is InChI=1S/C12H10BrClFNS/c1-7-2-3-10(15)11(4-7)16-6-8-5-9(13)12(14)17-8/h2-5,16H,6H2,1H3. The van der Waals surface area contributed by atoms with Crippen molar-refractivity contribution in [1.82, 2.24) is 0 Å². The zero-order chi connectivity index (χ0) is 12.4. The molecule has 0 radical (unpaired) electrons. The zero-order valence-electron chi connectivity index (χ0n) is 9.06. The van der Waals surface area contributed by atoms with Gasteiger partial charge in [-0.1, -0.05) is 17.7 Å². The van der Waals surface area contributed by atoms with Crippen molar-refractivity contribution in [3.8, 4) is 0 Å². The van der Waals surface area contributed by atoms with E-state index in [1.165, 1.54) is 17.4 Å². The second-order valence-corrected chi connectivity index (χ2v) is 6.26. The van der Waals surface area contributed by atoms with Crippen molar-refractivity contribution in [3.05, 3.63) is 49.3 Å². The molecule has 0 aliphatic heterocycles. The van der Waals surface area contributed by atoms with Crippen molar-refractivity contribution in [3.63, 3.8) is 0 Å². The monoisotopic (exact) mass is 333 g/mol. The Balaban J connectivity index is 2.09. The van der Waals surface area contributed by atoms with E-state index in [1.807, 2.05) is 13.0 Å². The van der Waals surface area contributed by atoms with Crippen LogP contribution < -0.4 is 5.32 Å². The minimum absolute atomic E-state index is 0.239. The van der Waals surface area contributed by atoms with Gasteiger partial charge in [0.25, 0.3) is 0 Å². The third-order valence-corrected chi connectivity index (χ3v) is 4.75.